The van der Waals surface area contributed by atoms with Gasteiger partial charge in [-0.05, 0) is 30.9 Å². The molecule has 20 heavy (non-hydrogen) atoms. The number of hydrogen-bond acceptors (Lipinski definition) is 2. The van der Waals surface area contributed by atoms with Crippen LogP contribution in [0.1, 0.15) is 50.6 Å². The van der Waals surface area contributed by atoms with E-state index in [-0.39, 0.29) is 11.5 Å². The lowest BCUT2D eigenvalue weighted by Crippen LogP contribution is -2.16. The van der Waals surface area contributed by atoms with Gasteiger partial charge in [0.25, 0.3) is 0 Å². The van der Waals surface area contributed by atoms with Crippen LogP contribution in [0, 0.1) is 6.92 Å². The summed E-state index contributed by atoms with van der Waals surface area (Å²) in [4.78, 5) is 0. The van der Waals surface area contributed by atoms with Crippen LogP contribution in [0.15, 0.2) is 30.5 Å². The number of aryl methyl sites for hydroxylation is 2. The molecule has 108 valence electrons. The van der Waals surface area contributed by atoms with Crippen molar-refractivity contribution in [1.82, 2.24) is 9.78 Å². The summed E-state index contributed by atoms with van der Waals surface area (Å²) in [5.41, 5.74) is 5.01. The second-order valence-electron chi connectivity index (χ2n) is 6.51. The molecule has 3 heteroatoms. The van der Waals surface area contributed by atoms with Crippen LogP contribution in [-0.4, -0.2) is 9.78 Å². The molecule has 1 atom stereocenters. The zero-order chi connectivity index (χ0) is 14.9. The van der Waals surface area contributed by atoms with E-state index < -0.39 is 0 Å². The molecule has 0 amide bonds. The largest absolute Gasteiger partial charge is 0.378 e. The SMILES string of the molecule is Cc1nn(C)cc1C(C)Nc1ccccc1C(C)(C)C. The lowest BCUT2D eigenvalue weighted by atomic mass is 9.85. The highest BCUT2D eigenvalue weighted by molar-refractivity contribution is 5.55. The van der Waals surface area contributed by atoms with Crippen molar-refractivity contribution in [3.63, 3.8) is 0 Å². The van der Waals surface area contributed by atoms with E-state index in [0.29, 0.717) is 0 Å². The van der Waals surface area contributed by atoms with E-state index in [1.807, 2.05) is 11.7 Å². The van der Waals surface area contributed by atoms with Crippen LogP contribution < -0.4 is 5.32 Å². The molecule has 0 fully saturated rings. The summed E-state index contributed by atoms with van der Waals surface area (Å²) in [6.07, 6.45) is 2.09. The fourth-order valence-electron chi connectivity index (χ4n) is 2.62. The number of hydrogen-bond donors (Lipinski definition) is 1. The van der Waals surface area contributed by atoms with Crippen molar-refractivity contribution in [2.75, 3.05) is 5.32 Å². The number of rotatable bonds is 3. The van der Waals surface area contributed by atoms with E-state index in [1.165, 1.54) is 16.8 Å². The second-order valence-corrected chi connectivity index (χ2v) is 6.51. The van der Waals surface area contributed by atoms with Crippen molar-refractivity contribution in [2.24, 2.45) is 7.05 Å². The summed E-state index contributed by atoms with van der Waals surface area (Å²) in [6.45, 7) is 11.0. The molecule has 1 aromatic carbocycles. The average molecular weight is 271 g/mol. The Morgan fingerprint density at radius 1 is 1.20 bits per heavy atom. The minimum Gasteiger partial charge on any atom is -0.378 e. The van der Waals surface area contributed by atoms with Crippen molar-refractivity contribution < 1.29 is 0 Å². The van der Waals surface area contributed by atoms with Crippen molar-refractivity contribution in [3.05, 3.63) is 47.3 Å². The van der Waals surface area contributed by atoms with Gasteiger partial charge in [-0.15, -0.1) is 0 Å². The van der Waals surface area contributed by atoms with Crippen molar-refractivity contribution >= 4 is 5.69 Å². The van der Waals surface area contributed by atoms with Gasteiger partial charge in [-0.3, -0.25) is 4.68 Å². The summed E-state index contributed by atoms with van der Waals surface area (Å²) in [6, 6.07) is 8.78. The normalized spacial score (nSPS) is 13.3. The zero-order valence-corrected chi connectivity index (χ0v) is 13.4. The maximum Gasteiger partial charge on any atom is 0.0646 e. The minimum atomic E-state index is 0.132. The molecular formula is C17H25N3. The minimum absolute atomic E-state index is 0.132. The van der Waals surface area contributed by atoms with Gasteiger partial charge in [0.05, 0.1) is 11.7 Å². The van der Waals surface area contributed by atoms with E-state index in [0.717, 1.165) is 5.69 Å². The fourth-order valence-corrected chi connectivity index (χ4v) is 2.62. The van der Waals surface area contributed by atoms with Crippen LogP contribution in [0.3, 0.4) is 0 Å². The van der Waals surface area contributed by atoms with Crippen molar-refractivity contribution in [3.8, 4) is 0 Å². The first kappa shape index (κ1) is 14.6. The Bertz CT molecular complexity index is 591. The van der Waals surface area contributed by atoms with Gasteiger partial charge in [-0.25, -0.2) is 0 Å². The Balaban J connectivity index is 2.29. The van der Waals surface area contributed by atoms with Gasteiger partial charge >= 0.3 is 0 Å². The summed E-state index contributed by atoms with van der Waals surface area (Å²) in [5, 5.41) is 8.06. The molecule has 0 saturated heterocycles. The zero-order valence-electron chi connectivity index (χ0n) is 13.4. The smallest absolute Gasteiger partial charge is 0.0646 e. The van der Waals surface area contributed by atoms with Gasteiger partial charge in [0, 0.05) is 24.5 Å². The van der Waals surface area contributed by atoms with Gasteiger partial charge in [0.15, 0.2) is 0 Å². The highest BCUT2D eigenvalue weighted by Crippen LogP contribution is 2.31. The third-order valence-corrected chi connectivity index (χ3v) is 3.63. The van der Waals surface area contributed by atoms with Gasteiger partial charge < -0.3 is 5.32 Å². The standard InChI is InChI=1S/C17H25N3/c1-12(14-11-20(6)19-13(14)2)18-16-10-8-7-9-15(16)17(3,4)5/h7-12,18H,1-6H3. The average Bonchev–Trinajstić information content (AvgIpc) is 2.68. The van der Waals surface area contributed by atoms with E-state index in [2.05, 4.69) is 75.5 Å². The summed E-state index contributed by atoms with van der Waals surface area (Å²) in [7, 11) is 1.96. The van der Waals surface area contributed by atoms with E-state index >= 15 is 0 Å². The van der Waals surface area contributed by atoms with Crippen LogP contribution >= 0.6 is 0 Å². The monoisotopic (exact) mass is 271 g/mol. The molecule has 1 unspecified atom stereocenters. The number of anilines is 1. The van der Waals surface area contributed by atoms with E-state index in [4.69, 9.17) is 0 Å². The third-order valence-electron chi connectivity index (χ3n) is 3.63. The lowest BCUT2D eigenvalue weighted by molar-refractivity contribution is 0.590. The van der Waals surface area contributed by atoms with E-state index in [1.54, 1.807) is 0 Å². The number of para-hydroxylation sites is 1. The predicted molar refractivity (Wildman–Crippen MR) is 85.1 cm³/mol. The van der Waals surface area contributed by atoms with Crippen LogP contribution in [0.5, 0.6) is 0 Å². The summed E-state index contributed by atoms with van der Waals surface area (Å²) in [5.74, 6) is 0. The molecule has 1 heterocycles. The summed E-state index contributed by atoms with van der Waals surface area (Å²) < 4.78 is 1.87. The highest BCUT2D eigenvalue weighted by atomic mass is 15.3. The Kier molecular flexibility index (Phi) is 3.89. The molecule has 0 aliphatic rings. The molecule has 0 aliphatic heterocycles. The van der Waals surface area contributed by atoms with E-state index in [9.17, 15) is 0 Å². The van der Waals surface area contributed by atoms with Crippen LogP contribution in [-0.2, 0) is 12.5 Å². The number of nitrogens with one attached hydrogen (secondary N) is 1. The Labute approximate surface area is 122 Å². The van der Waals surface area contributed by atoms with Gasteiger partial charge in [0.2, 0.25) is 0 Å². The number of benzene rings is 1. The molecule has 0 aliphatic carbocycles. The molecule has 0 saturated carbocycles. The highest BCUT2D eigenvalue weighted by Gasteiger charge is 2.19. The molecule has 0 bridgehead atoms. The molecular weight excluding hydrogens is 246 g/mol. The van der Waals surface area contributed by atoms with Crippen LogP contribution in [0.2, 0.25) is 0 Å². The first-order valence-electron chi connectivity index (χ1n) is 7.15. The molecule has 1 N–H and O–H groups in total. The molecule has 1 aromatic heterocycles. The third kappa shape index (κ3) is 3.03. The van der Waals surface area contributed by atoms with Gasteiger partial charge in [-0.1, -0.05) is 39.0 Å². The molecule has 2 aromatic rings. The molecule has 0 radical (unpaired) electrons. The first-order valence-corrected chi connectivity index (χ1v) is 7.15. The topological polar surface area (TPSA) is 29.9 Å². The Morgan fingerprint density at radius 2 is 1.85 bits per heavy atom. The Hall–Kier alpha value is -1.77. The quantitative estimate of drug-likeness (QED) is 0.906. The number of aromatic nitrogens is 2. The van der Waals surface area contributed by atoms with Crippen molar-refractivity contribution in [2.45, 2.75) is 46.1 Å². The van der Waals surface area contributed by atoms with Gasteiger partial charge in [0.1, 0.15) is 0 Å². The second kappa shape index (κ2) is 5.31. The van der Waals surface area contributed by atoms with Gasteiger partial charge in [-0.2, -0.15) is 5.10 Å². The number of nitrogens with zero attached hydrogens (tertiary/aromatic N) is 2. The lowest BCUT2D eigenvalue weighted by Gasteiger charge is -2.25. The maximum atomic E-state index is 4.42. The first-order chi connectivity index (χ1) is 9.29. The Morgan fingerprint density at radius 3 is 2.40 bits per heavy atom. The van der Waals surface area contributed by atoms with Crippen molar-refractivity contribution in [1.29, 1.82) is 0 Å². The van der Waals surface area contributed by atoms with Crippen LogP contribution in [0.25, 0.3) is 0 Å². The predicted octanol–water partition coefficient (Wildman–Crippen LogP) is 4.20. The fraction of sp³-hybridized carbons (Fsp3) is 0.471. The molecule has 3 nitrogen and oxygen atoms in total. The maximum absolute atomic E-state index is 4.42. The molecule has 0 spiro atoms. The summed E-state index contributed by atoms with van der Waals surface area (Å²) >= 11 is 0. The molecule has 2 rings (SSSR count). The van der Waals surface area contributed by atoms with Crippen LogP contribution in [0.4, 0.5) is 5.69 Å².